The topological polar surface area (TPSA) is 72.2 Å². The number of hydrogen-bond acceptors (Lipinski definition) is 5. The summed E-state index contributed by atoms with van der Waals surface area (Å²) in [7, 11) is 0. The van der Waals surface area contributed by atoms with E-state index in [4.69, 9.17) is 4.98 Å². The SMILES string of the molecule is Cc1cccc(-c2nc3ccccc3c3nnc(SCC(=O)NCCC4=CCCCC4)n23)c1. The molecule has 7 heteroatoms. The van der Waals surface area contributed by atoms with Gasteiger partial charge in [0, 0.05) is 17.5 Å². The Morgan fingerprint density at radius 2 is 2.03 bits per heavy atom. The largest absolute Gasteiger partial charge is 0.355 e. The number of nitrogens with one attached hydrogen (secondary N) is 1. The minimum absolute atomic E-state index is 0.0130. The summed E-state index contributed by atoms with van der Waals surface area (Å²) in [6.45, 7) is 2.75. The molecule has 0 radical (unpaired) electrons. The highest BCUT2D eigenvalue weighted by Gasteiger charge is 2.17. The van der Waals surface area contributed by atoms with Gasteiger partial charge in [-0.3, -0.25) is 9.20 Å². The monoisotopic (exact) mass is 457 g/mol. The second-order valence-electron chi connectivity index (χ2n) is 8.46. The zero-order valence-electron chi connectivity index (χ0n) is 18.8. The van der Waals surface area contributed by atoms with Crippen molar-refractivity contribution in [1.82, 2.24) is 24.9 Å². The van der Waals surface area contributed by atoms with Gasteiger partial charge in [-0.15, -0.1) is 10.2 Å². The predicted molar refractivity (Wildman–Crippen MR) is 133 cm³/mol. The number of carbonyl (C=O) groups is 1. The van der Waals surface area contributed by atoms with Gasteiger partial charge in [-0.2, -0.15) is 0 Å². The van der Waals surface area contributed by atoms with E-state index in [1.165, 1.54) is 43.0 Å². The summed E-state index contributed by atoms with van der Waals surface area (Å²) in [4.78, 5) is 17.4. The zero-order chi connectivity index (χ0) is 22.6. The quantitative estimate of drug-likeness (QED) is 0.299. The first-order chi connectivity index (χ1) is 16.2. The lowest BCUT2D eigenvalue weighted by Crippen LogP contribution is -2.26. The van der Waals surface area contributed by atoms with Crippen molar-refractivity contribution in [2.75, 3.05) is 12.3 Å². The normalized spacial score (nSPS) is 13.9. The Hall–Kier alpha value is -3.19. The van der Waals surface area contributed by atoms with Gasteiger partial charge < -0.3 is 5.32 Å². The van der Waals surface area contributed by atoms with Crippen molar-refractivity contribution in [2.24, 2.45) is 0 Å². The van der Waals surface area contributed by atoms with Crippen LogP contribution in [0.25, 0.3) is 27.9 Å². The summed E-state index contributed by atoms with van der Waals surface area (Å²) >= 11 is 1.39. The van der Waals surface area contributed by atoms with Crippen LogP contribution in [0.15, 0.2) is 65.3 Å². The summed E-state index contributed by atoms with van der Waals surface area (Å²) < 4.78 is 1.97. The van der Waals surface area contributed by atoms with E-state index in [2.05, 4.69) is 40.6 Å². The number of benzene rings is 2. The number of aromatic nitrogens is 4. The molecule has 168 valence electrons. The Balaban J connectivity index is 1.38. The molecule has 1 aliphatic carbocycles. The van der Waals surface area contributed by atoms with Crippen LogP contribution in [-0.2, 0) is 4.79 Å². The molecule has 0 aliphatic heterocycles. The molecule has 1 N–H and O–H groups in total. The van der Waals surface area contributed by atoms with E-state index < -0.39 is 0 Å². The van der Waals surface area contributed by atoms with Crippen LogP contribution in [0.5, 0.6) is 0 Å². The van der Waals surface area contributed by atoms with E-state index in [1.807, 2.05) is 40.8 Å². The minimum Gasteiger partial charge on any atom is -0.355 e. The Morgan fingerprint density at radius 3 is 2.88 bits per heavy atom. The fourth-order valence-corrected chi connectivity index (χ4v) is 5.07. The summed E-state index contributed by atoms with van der Waals surface area (Å²) in [5.74, 6) is 1.09. The van der Waals surface area contributed by atoms with Gasteiger partial charge in [-0.25, -0.2) is 4.98 Å². The molecule has 2 aromatic heterocycles. The number of allylic oxidation sites excluding steroid dienone is 1. The van der Waals surface area contributed by atoms with Crippen LogP contribution in [0.3, 0.4) is 0 Å². The van der Waals surface area contributed by atoms with Crippen LogP contribution in [0.4, 0.5) is 0 Å². The van der Waals surface area contributed by atoms with Crippen molar-refractivity contribution in [3.63, 3.8) is 0 Å². The smallest absolute Gasteiger partial charge is 0.230 e. The molecule has 0 atom stereocenters. The maximum Gasteiger partial charge on any atom is 0.230 e. The highest BCUT2D eigenvalue weighted by Crippen LogP contribution is 2.29. The number of hydrogen-bond donors (Lipinski definition) is 1. The number of nitrogens with zero attached hydrogens (tertiary/aromatic N) is 4. The minimum atomic E-state index is 0.0130. The number of amides is 1. The lowest BCUT2D eigenvalue weighted by molar-refractivity contribution is -0.118. The maximum atomic E-state index is 12.5. The molecule has 0 fully saturated rings. The van der Waals surface area contributed by atoms with Crippen molar-refractivity contribution in [3.05, 3.63) is 65.7 Å². The molecule has 0 saturated heterocycles. The van der Waals surface area contributed by atoms with E-state index in [1.54, 1.807) is 0 Å². The summed E-state index contributed by atoms with van der Waals surface area (Å²) in [5.41, 5.74) is 5.26. The van der Waals surface area contributed by atoms with Crippen LogP contribution in [0.1, 0.15) is 37.7 Å². The van der Waals surface area contributed by atoms with Crippen molar-refractivity contribution >= 4 is 34.2 Å². The molecule has 4 aromatic rings. The molecule has 1 aliphatic rings. The van der Waals surface area contributed by atoms with E-state index in [-0.39, 0.29) is 5.91 Å². The zero-order valence-corrected chi connectivity index (χ0v) is 19.6. The van der Waals surface area contributed by atoms with Crippen LogP contribution in [0.2, 0.25) is 0 Å². The molecule has 0 bridgehead atoms. The Kier molecular flexibility index (Phi) is 6.39. The van der Waals surface area contributed by atoms with Gasteiger partial charge in [0.25, 0.3) is 0 Å². The second-order valence-corrected chi connectivity index (χ2v) is 9.40. The van der Waals surface area contributed by atoms with Crippen molar-refractivity contribution in [1.29, 1.82) is 0 Å². The number of carbonyl (C=O) groups excluding carboxylic acids is 1. The third kappa shape index (κ3) is 4.78. The second kappa shape index (κ2) is 9.75. The van der Waals surface area contributed by atoms with Gasteiger partial charge in [0.2, 0.25) is 5.91 Å². The number of fused-ring (bicyclic) bond motifs is 3. The number of thioether (sulfide) groups is 1. The van der Waals surface area contributed by atoms with E-state index in [0.717, 1.165) is 39.9 Å². The van der Waals surface area contributed by atoms with Crippen LogP contribution in [-0.4, -0.2) is 37.8 Å². The predicted octanol–water partition coefficient (Wildman–Crippen LogP) is 5.35. The van der Waals surface area contributed by atoms with Crippen molar-refractivity contribution in [3.8, 4) is 11.4 Å². The van der Waals surface area contributed by atoms with Crippen LogP contribution in [0, 0.1) is 6.92 Å². The Morgan fingerprint density at radius 1 is 1.12 bits per heavy atom. The first kappa shape index (κ1) is 21.6. The molecule has 2 aromatic carbocycles. The molecular weight excluding hydrogens is 430 g/mol. The Bertz CT molecular complexity index is 1340. The standard InChI is InChI=1S/C26H27N5OS/c1-18-8-7-11-20(16-18)24-28-22-13-6-5-12-21(22)25-29-30-26(31(24)25)33-17-23(32)27-15-14-19-9-3-2-4-10-19/h5-9,11-13,16H,2-4,10,14-15,17H2,1H3,(H,27,32). The summed E-state index contributed by atoms with van der Waals surface area (Å²) in [6, 6.07) is 16.2. The Labute approximate surface area is 197 Å². The molecule has 33 heavy (non-hydrogen) atoms. The van der Waals surface area contributed by atoms with Crippen molar-refractivity contribution in [2.45, 2.75) is 44.2 Å². The first-order valence-electron chi connectivity index (χ1n) is 11.5. The summed E-state index contributed by atoms with van der Waals surface area (Å²) in [5, 5.41) is 13.6. The third-order valence-corrected chi connectivity index (χ3v) is 6.91. The summed E-state index contributed by atoms with van der Waals surface area (Å²) in [6.07, 6.45) is 8.16. The molecule has 0 saturated carbocycles. The maximum absolute atomic E-state index is 12.5. The molecule has 1 amide bonds. The highest BCUT2D eigenvalue weighted by atomic mass is 32.2. The number of aryl methyl sites for hydroxylation is 1. The average Bonchev–Trinajstić information content (AvgIpc) is 3.27. The lowest BCUT2D eigenvalue weighted by Gasteiger charge is -2.13. The molecule has 2 heterocycles. The van der Waals surface area contributed by atoms with Gasteiger partial charge >= 0.3 is 0 Å². The number of para-hydroxylation sites is 1. The highest BCUT2D eigenvalue weighted by molar-refractivity contribution is 7.99. The van der Waals surface area contributed by atoms with E-state index in [0.29, 0.717) is 17.5 Å². The van der Waals surface area contributed by atoms with Crippen LogP contribution < -0.4 is 5.32 Å². The van der Waals surface area contributed by atoms with E-state index in [9.17, 15) is 4.79 Å². The molecular formula is C26H27N5OS. The van der Waals surface area contributed by atoms with E-state index >= 15 is 0 Å². The van der Waals surface area contributed by atoms with Crippen molar-refractivity contribution < 1.29 is 4.79 Å². The fourth-order valence-electron chi connectivity index (χ4n) is 4.31. The third-order valence-electron chi connectivity index (χ3n) is 5.98. The molecule has 0 unspecified atom stereocenters. The lowest BCUT2D eigenvalue weighted by atomic mass is 9.97. The molecule has 6 nitrogen and oxygen atoms in total. The van der Waals surface area contributed by atoms with Gasteiger partial charge in [0.15, 0.2) is 10.8 Å². The van der Waals surface area contributed by atoms with Gasteiger partial charge in [0.1, 0.15) is 5.82 Å². The molecule has 0 spiro atoms. The average molecular weight is 458 g/mol. The van der Waals surface area contributed by atoms with Crippen LogP contribution >= 0.6 is 11.8 Å². The van der Waals surface area contributed by atoms with Gasteiger partial charge in [0.05, 0.1) is 11.3 Å². The first-order valence-corrected chi connectivity index (χ1v) is 12.5. The fraction of sp³-hybridized carbons (Fsp3) is 0.308. The number of rotatable bonds is 7. The van der Waals surface area contributed by atoms with Gasteiger partial charge in [-0.1, -0.05) is 59.3 Å². The molecule has 5 rings (SSSR count). The van der Waals surface area contributed by atoms with Gasteiger partial charge in [-0.05, 0) is 57.2 Å².